The lowest BCUT2D eigenvalue weighted by atomic mass is 9.78. The van der Waals surface area contributed by atoms with Gasteiger partial charge in [0.05, 0.1) is 12.1 Å². The molecule has 0 aromatic heterocycles. The van der Waals surface area contributed by atoms with Gasteiger partial charge in [-0.25, -0.2) is 8.42 Å². The van der Waals surface area contributed by atoms with Crippen LogP contribution in [0.1, 0.15) is 19.3 Å². The Bertz CT molecular complexity index is 647. The highest BCUT2D eigenvalue weighted by atomic mass is 35.5. The Hall–Kier alpha value is -0.820. The van der Waals surface area contributed by atoms with Crippen LogP contribution in [0.2, 0.25) is 5.02 Å². The van der Waals surface area contributed by atoms with E-state index in [1.165, 1.54) is 13.2 Å². The van der Waals surface area contributed by atoms with Crippen LogP contribution in [0.5, 0.6) is 5.75 Å². The Kier molecular flexibility index (Phi) is 4.38. The number of sulfonamides is 1. The third-order valence-electron chi connectivity index (χ3n) is 4.87. The van der Waals surface area contributed by atoms with Gasteiger partial charge in [0.1, 0.15) is 10.6 Å². The minimum atomic E-state index is -3.57. The van der Waals surface area contributed by atoms with E-state index in [1.807, 2.05) is 0 Å². The van der Waals surface area contributed by atoms with Gasteiger partial charge in [-0.1, -0.05) is 11.6 Å². The fourth-order valence-corrected chi connectivity index (χ4v) is 5.30. The van der Waals surface area contributed by atoms with E-state index in [0.717, 1.165) is 32.4 Å². The molecule has 2 aliphatic rings. The quantitative estimate of drug-likeness (QED) is 0.912. The van der Waals surface area contributed by atoms with E-state index in [9.17, 15) is 8.42 Å². The average molecular weight is 345 g/mol. The fourth-order valence-electron chi connectivity index (χ4n) is 3.37. The predicted octanol–water partition coefficient (Wildman–Crippen LogP) is 2.11. The zero-order valence-corrected chi connectivity index (χ0v) is 14.2. The number of nitrogens with zero attached hydrogens (tertiary/aromatic N) is 1. The Morgan fingerprint density at radius 1 is 1.27 bits per heavy atom. The minimum absolute atomic E-state index is 0.133. The summed E-state index contributed by atoms with van der Waals surface area (Å²) in [6, 6.07) is 4.73. The Balaban J connectivity index is 1.82. The van der Waals surface area contributed by atoms with Crippen molar-refractivity contribution in [2.24, 2.45) is 5.41 Å². The van der Waals surface area contributed by atoms with Crippen molar-refractivity contribution in [3.8, 4) is 5.75 Å². The first-order chi connectivity index (χ1) is 10.5. The van der Waals surface area contributed by atoms with Crippen LogP contribution < -0.4 is 10.1 Å². The van der Waals surface area contributed by atoms with Crippen molar-refractivity contribution in [1.29, 1.82) is 0 Å². The summed E-state index contributed by atoms with van der Waals surface area (Å²) in [6.45, 7) is 3.14. The van der Waals surface area contributed by atoms with Crippen LogP contribution in [-0.2, 0) is 10.0 Å². The van der Waals surface area contributed by atoms with Crippen LogP contribution in [0.4, 0.5) is 0 Å². The molecular weight excluding hydrogens is 324 g/mol. The number of benzene rings is 1. The van der Waals surface area contributed by atoms with Crippen molar-refractivity contribution in [2.75, 3.05) is 33.3 Å². The van der Waals surface area contributed by atoms with E-state index in [0.29, 0.717) is 18.8 Å². The molecule has 5 nitrogen and oxygen atoms in total. The smallest absolute Gasteiger partial charge is 0.244 e. The summed E-state index contributed by atoms with van der Waals surface area (Å²) in [4.78, 5) is 0.133. The van der Waals surface area contributed by atoms with Crippen molar-refractivity contribution in [3.63, 3.8) is 0 Å². The molecule has 2 heterocycles. The van der Waals surface area contributed by atoms with Crippen LogP contribution in [0, 0.1) is 5.41 Å². The molecule has 0 amide bonds. The highest BCUT2D eigenvalue weighted by Gasteiger charge is 2.40. The number of hydrogen-bond donors (Lipinski definition) is 1. The minimum Gasteiger partial charge on any atom is -0.497 e. The molecule has 0 radical (unpaired) electrons. The zero-order valence-electron chi connectivity index (χ0n) is 12.6. The molecule has 2 fully saturated rings. The number of piperidine rings is 1. The summed E-state index contributed by atoms with van der Waals surface area (Å²) in [5.41, 5.74) is 0.282. The van der Waals surface area contributed by atoms with Crippen LogP contribution in [0.3, 0.4) is 0 Å². The molecule has 0 saturated carbocycles. The van der Waals surface area contributed by atoms with Gasteiger partial charge < -0.3 is 10.1 Å². The molecule has 0 unspecified atom stereocenters. The van der Waals surface area contributed by atoms with Crippen molar-refractivity contribution in [1.82, 2.24) is 9.62 Å². The highest BCUT2D eigenvalue weighted by molar-refractivity contribution is 7.89. The Morgan fingerprint density at radius 2 is 2.00 bits per heavy atom. The summed E-state index contributed by atoms with van der Waals surface area (Å²) in [7, 11) is -2.06. The van der Waals surface area contributed by atoms with E-state index in [2.05, 4.69) is 5.32 Å². The molecule has 2 saturated heterocycles. The number of halogens is 1. The summed E-state index contributed by atoms with van der Waals surface area (Å²) in [6.07, 6.45) is 2.95. The second-order valence-corrected chi connectivity index (χ2v) is 8.44. The number of ether oxygens (including phenoxy) is 1. The lowest BCUT2D eigenvalue weighted by molar-refractivity contribution is 0.175. The molecule has 7 heteroatoms. The maximum absolute atomic E-state index is 12.8. The summed E-state index contributed by atoms with van der Waals surface area (Å²) >= 11 is 6.11. The van der Waals surface area contributed by atoms with Gasteiger partial charge in [-0.05, 0) is 43.4 Å². The van der Waals surface area contributed by atoms with Crippen molar-refractivity contribution in [2.45, 2.75) is 24.2 Å². The third kappa shape index (κ3) is 2.85. The topological polar surface area (TPSA) is 58.6 Å². The van der Waals surface area contributed by atoms with Gasteiger partial charge in [-0.3, -0.25) is 0 Å². The number of nitrogens with one attached hydrogen (secondary N) is 1. The van der Waals surface area contributed by atoms with Crippen LogP contribution in [-0.4, -0.2) is 46.0 Å². The van der Waals surface area contributed by atoms with Crippen LogP contribution in [0.25, 0.3) is 0 Å². The number of rotatable bonds is 3. The zero-order chi connectivity index (χ0) is 15.8. The molecule has 2 aliphatic heterocycles. The average Bonchev–Trinajstić information content (AvgIpc) is 2.96. The highest BCUT2D eigenvalue weighted by Crippen LogP contribution is 2.39. The summed E-state index contributed by atoms with van der Waals surface area (Å²) in [5, 5.41) is 3.63. The first kappa shape index (κ1) is 16.1. The normalized spacial score (nSPS) is 22.1. The van der Waals surface area contributed by atoms with Gasteiger partial charge in [0.15, 0.2) is 0 Å². The first-order valence-electron chi connectivity index (χ1n) is 7.51. The van der Waals surface area contributed by atoms with Crippen molar-refractivity contribution in [3.05, 3.63) is 23.2 Å². The van der Waals surface area contributed by atoms with Gasteiger partial charge in [0.25, 0.3) is 0 Å². The van der Waals surface area contributed by atoms with Crippen LogP contribution in [0.15, 0.2) is 23.1 Å². The molecule has 1 N–H and O–H groups in total. The van der Waals surface area contributed by atoms with Crippen molar-refractivity contribution >= 4 is 21.6 Å². The van der Waals surface area contributed by atoms with Gasteiger partial charge in [0.2, 0.25) is 10.0 Å². The number of hydrogen-bond acceptors (Lipinski definition) is 4. The van der Waals surface area contributed by atoms with E-state index < -0.39 is 10.0 Å². The van der Waals surface area contributed by atoms with Crippen molar-refractivity contribution < 1.29 is 13.2 Å². The lowest BCUT2D eigenvalue weighted by Gasteiger charge is -2.38. The SMILES string of the molecule is COc1ccc(Cl)c(S(=O)(=O)N2CCC3(CCNC3)CC2)c1. The molecule has 0 aliphatic carbocycles. The third-order valence-corrected chi connectivity index (χ3v) is 7.25. The maximum Gasteiger partial charge on any atom is 0.244 e. The Labute approximate surface area is 136 Å². The Morgan fingerprint density at radius 3 is 2.59 bits per heavy atom. The van der Waals surface area contributed by atoms with Gasteiger partial charge in [-0.2, -0.15) is 4.31 Å². The number of methoxy groups -OCH3 is 1. The van der Waals surface area contributed by atoms with Crippen LogP contribution >= 0.6 is 11.6 Å². The van der Waals surface area contributed by atoms with E-state index in [1.54, 1.807) is 16.4 Å². The maximum atomic E-state index is 12.8. The van der Waals surface area contributed by atoms with Gasteiger partial charge in [-0.15, -0.1) is 0 Å². The standard InChI is InChI=1S/C15H21ClN2O3S/c1-21-12-2-3-13(16)14(10-12)22(19,20)18-8-5-15(6-9-18)4-7-17-11-15/h2-3,10,17H,4-9,11H2,1H3. The molecule has 22 heavy (non-hydrogen) atoms. The second-order valence-electron chi connectivity index (χ2n) is 6.13. The molecule has 3 rings (SSSR count). The van der Waals surface area contributed by atoms with Gasteiger partial charge in [0, 0.05) is 25.7 Å². The fraction of sp³-hybridized carbons (Fsp3) is 0.600. The van der Waals surface area contributed by atoms with Gasteiger partial charge >= 0.3 is 0 Å². The molecule has 0 bridgehead atoms. The molecule has 1 aromatic rings. The predicted molar refractivity (Wildman–Crippen MR) is 85.9 cm³/mol. The van der Waals surface area contributed by atoms with E-state index >= 15 is 0 Å². The van der Waals surface area contributed by atoms with E-state index in [-0.39, 0.29) is 15.3 Å². The molecule has 1 spiro atoms. The molecule has 1 aromatic carbocycles. The summed E-state index contributed by atoms with van der Waals surface area (Å²) in [5.74, 6) is 0.497. The summed E-state index contributed by atoms with van der Waals surface area (Å²) < 4.78 is 32.4. The monoisotopic (exact) mass is 344 g/mol. The lowest BCUT2D eigenvalue weighted by Crippen LogP contribution is -2.44. The second kappa shape index (κ2) is 6.00. The molecule has 0 atom stereocenters. The molecule has 122 valence electrons. The van der Waals surface area contributed by atoms with E-state index in [4.69, 9.17) is 16.3 Å². The largest absolute Gasteiger partial charge is 0.497 e. The molecular formula is C15H21ClN2O3S. The first-order valence-corrected chi connectivity index (χ1v) is 9.33.